The van der Waals surface area contributed by atoms with Crippen LogP contribution in [0, 0.1) is 18.8 Å². The number of benzene rings is 1. The molecule has 0 saturated heterocycles. The van der Waals surface area contributed by atoms with E-state index in [-0.39, 0.29) is 5.91 Å². The average molecular weight is 339 g/mol. The molecule has 108 valence electrons. The molecule has 0 unspecified atom stereocenters. The van der Waals surface area contributed by atoms with Crippen LogP contribution in [0.15, 0.2) is 24.3 Å². The Balaban J connectivity index is 2.20. The first-order valence-electron chi connectivity index (χ1n) is 6.07. The Morgan fingerprint density at radius 3 is 2.71 bits per heavy atom. The minimum atomic E-state index is -0.285. The SMILES string of the molecule is Cc1cc(C#CCN)ccc1NC(=O)c1cc(Cl)sc1Cl. The molecule has 0 aliphatic heterocycles. The molecule has 1 heterocycles. The molecule has 0 radical (unpaired) electrons. The molecule has 21 heavy (non-hydrogen) atoms. The largest absolute Gasteiger partial charge is 0.322 e. The third kappa shape index (κ3) is 3.99. The highest BCUT2D eigenvalue weighted by atomic mass is 35.5. The summed E-state index contributed by atoms with van der Waals surface area (Å²) in [6.45, 7) is 2.21. The van der Waals surface area contributed by atoms with E-state index in [1.54, 1.807) is 12.1 Å². The van der Waals surface area contributed by atoms with Gasteiger partial charge in [-0.15, -0.1) is 11.3 Å². The van der Waals surface area contributed by atoms with Gasteiger partial charge in [-0.2, -0.15) is 0 Å². The quantitative estimate of drug-likeness (QED) is 0.815. The second-order valence-corrected chi connectivity index (χ2v) is 6.51. The van der Waals surface area contributed by atoms with E-state index in [4.69, 9.17) is 28.9 Å². The number of rotatable bonds is 2. The number of hydrogen-bond donors (Lipinski definition) is 2. The van der Waals surface area contributed by atoms with E-state index in [0.29, 0.717) is 26.5 Å². The van der Waals surface area contributed by atoms with Gasteiger partial charge in [-0.25, -0.2) is 0 Å². The summed E-state index contributed by atoms with van der Waals surface area (Å²) in [4.78, 5) is 12.2. The number of carbonyl (C=O) groups is 1. The molecule has 6 heteroatoms. The van der Waals surface area contributed by atoms with Crippen molar-refractivity contribution in [2.75, 3.05) is 11.9 Å². The number of carbonyl (C=O) groups excluding carboxylic acids is 1. The third-order valence-electron chi connectivity index (χ3n) is 2.71. The summed E-state index contributed by atoms with van der Waals surface area (Å²) < 4.78 is 0.856. The average Bonchev–Trinajstić information content (AvgIpc) is 2.78. The van der Waals surface area contributed by atoms with Crippen LogP contribution in [0.25, 0.3) is 0 Å². The number of aryl methyl sites for hydroxylation is 1. The lowest BCUT2D eigenvalue weighted by molar-refractivity contribution is 0.102. The van der Waals surface area contributed by atoms with Crippen molar-refractivity contribution in [3.05, 3.63) is 49.6 Å². The number of anilines is 1. The molecule has 2 rings (SSSR count). The third-order valence-corrected chi connectivity index (χ3v) is 4.20. The Labute approximate surface area is 137 Å². The zero-order valence-corrected chi connectivity index (χ0v) is 13.5. The molecular weight excluding hydrogens is 327 g/mol. The van der Waals surface area contributed by atoms with Crippen molar-refractivity contribution in [2.45, 2.75) is 6.92 Å². The van der Waals surface area contributed by atoms with Crippen LogP contribution in [0.5, 0.6) is 0 Å². The lowest BCUT2D eigenvalue weighted by Gasteiger charge is -2.08. The zero-order chi connectivity index (χ0) is 15.4. The van der Waals surface area contributed by atoms with Gasteiger partial charge in [-0.05, 0) is 36.8 Å². The molecule has 0 bridgehead atoms. The Hall–Kier alpha value is -1.51. The van der Waals surface area contributed by atoms with Crippen molar-refractivity contribution in [2.24, 2.45) is 5.73 Å². The molecule has 2 aromatic rings. The number of amides is 1. The van der Waals surface area contributed by atoms with Gasteiger partial charge in [0, 0.05) is 11.3 Å². The molecule has 3 nitrogen and oxygen atoms in total. The molecule has 0 saturated carbocycles. The maximum Gasteiger partial charge on any atom is 0.258 e. The standard InChI is InChI=1S/C15H12Cl2N2OS/c1-9-7-10(3-2-6-18)4-5-12(9)19-15(20)11-8-13(16)21-14(11)17/h4-5,7-8H,6,18H2,1H3,(H,19,20). The molecular formula is C15H12Cl2N2OS. The minimum absolute atomic E-state index is 0.285. The van der Waals surface area contributed by atoms with Crippen molar-refractivity contribution in [1.82, 2.24) is 0 Å². The maximum absolute atomic E-state index is 12.2. The van der Waals surface area contributed by atoms with Crippen molar-refractivity contribution >= 4 is 46.1 Å². The molecule has 3 N–H and O–H groups in total. The van der Waals surface area contributed by atoms with Gasteiger partial charge in [-0.3, -0.25) is 4.79 Å². The first-order valence-corrected chi connectivity index (χ1v) is 7.64. The molecule has 0 fully saturated rings. The van der Waals surface area contributed by atoms with Gasteiger partial charge < -0.3 is 11.1 Å². The topological polar surface area (TPSA) is 55.1 Å². The van der Waals surface area contributed by atoms with Gasteiger partial charge in [-0.1, -0.05) is 35.0 Å². The van der Waals surface area contributed by atoms with E-state index >= 15 is 0 Å². The maximum atomic E-state index is 12.2. The van der Waals surface area contributed by atoms with Gasteiger partial charge in [0.05, 0.1) is 16.4 Å². The summed E-state index contributed by atoms with van der Waals surface area (Å²) in [6.07, 6.45) is 0. The number of halogens is 2. The number of thiophene rings is 1. The fourth-order valence-corrected chi connectivity index (χ4v) is 3.18. The monoisotopic (exact) mass is 338 g/mol. The molecule has 0 aliphatic rings. The Morgan fingerprint density at radius 1 is 1.38 bits per heavy atom. The summed E-state index contributed by atoms with van der Waals surface area (Å²) in [5.41, 5.74) is 8.18. The molecule has 1 amide bonds. The van der Waals surface area contributed by atoms with E-state index in [1.165, 1.54) is 0 Å². The number of hydrogen-bond acceptors (Lipinski definition) is 3. The van der Waals surface area contributed by atoms with E-state index in [2.05, 4.69) is 17.2 Å². The zero-order valence-electron chi connectivity index (χ0n) is 11.2. The molecule has 0 aliphatic carbocycles. The van der Waals surface area contributed by atoms with Crippen molar-refractivity contribution in [3.8, 4) is 11.8 Å². The highest BCUT2D eigenvalue weighted by Gasteiger charge is 2.15. The smallest absolute Gasteiger partial charge is 0.258 e. The van der Waals surface area contributed by atoms with Gasteiger partial charge in [0.15, 0.2) is 0 Å². The number of nitrogens with one attached hydrogen (secondary N) is 1. The van der Waals surface area contributed by atoms with Crippen LogP contribution >= 0.6 is 34.5 Å². The van der Waals surface area contributed by atoms with Crippen LogP contribution in [0.4, 0.5) is 5.69 Å². The predicted octanol–water partition coefficient (Wildman–Crippen LogP) is 3.93. The van der Waals surface area contributed by atoms with Crippen LogP contribution in [-0.2, 0) is 0 Å². The fourth-order valence-electron chi connectivity index (χ4n) is 1.72. The Kier molecular flexibility index (Phi) is 5.27. The molecule has 0 atom stereocenters. The summed E-state index contributed by atoms with van der Waals surface area (Å²) in [5, 5.41) is 2.82. The van der Waals surface area contributed by atoms with Crippen molar-refractivity contribution < 1.29 is 4.79 Å². The summed E-state index contributed by atoms with van der Waals surface area (Å²) >= 11 is 13.0. The Bertz CT molecular complexity index is 744. The summed E-state index contributed by atoms with van der Waals surface area (Å²) in [6, 6.07) is 7.07. The number of nitrogens with two attached hydrogens (primary N) is 1. The van der Waals surface area contributed by atoms with E-state index in [0.717, 1.165) is 22.5 Å². The van der Waals surface area contributed by atoms with Crippen LogP contribution in [-0.4, -0.2) is 12.5 Å². The van der Waals surface area contributed by atoms with Crippen LogP contribution in [0.2, 0.25) is 8.67 Å². The predicted molar refractivity (Wildman–Crippen MR) is 89.4 cm³/mol. The van der Waals surface area contributed by atoms with Crippen molar-refractivity contribution in [3.63, 3.8) is 0 Å². The molecule has 1 aromatic heterocycles. The van der Waals surface area contributed by atoms with E-state index in [1.807, 2.05) is 19.1 Å². The van der Waals surface area contributed by atoms with Crippen molar-refractivity contribution in [1.29, 1.82) is 0 Å². The lowest BCUT2D eigenvalue weighted by atomic mass is 10.1. The highest BCUT2D eigenvalue weighted by molar-refractivity contribution is 7.20. The van der Waals surface area contributed by atoms with Gasteiger partial charge in [0.25, 0.3) is 5.91 Å². The summed E-state index contributed by atoms with van der Waals surface area (Å²) in [7, 11) is 0. The first kappa shape index (κ1) is 15.9. The lowest BCUT2D eigenvalue weighted by Crippen LogP contribution is -2.12. The van der Waals surface area contributed by atoms with E-state index in [9.17, 15) is 4.79 Å². The van der Waals surface area contributed by atoms with Crippen LogP contribution in [0.3, 0.4) is 0 Å². The van der Waals surface area contributed by atoms with Gasteiger partial charge in [0.1, 0.15) is 4.34 Å². The van der Waals surface area contributed by atoms with Crippen LogP contribution < -0.4 is 11.1 Å². The highest BCUT2D eigenvalue weighted by Crippen LogP contribution is 2.31. The van der Waals surface area contributed by atoms with Crippen LogP contribution in [0.1, 0.15) is 21.5 Å². The van der Waals surface area contributed by atoms with Gasteiger partial charge in [0.2, 0.25) is 0 Å². The first-order chi connectivity index (χ1) is 10.0. The molecule has 0 spiro atoms. The summed E-state index contributed by atoms with van der Waals surface area (Å²) in [5.74, 6) is 5.45. The minimum Gasteiger partial charge on any atom is -0.322 e. The van der Waals surface area contributed by atoms with Gasteiger partial charge >= 0.3 is 0 Å². The molecule has 1 aromatic carbocycles. The normalized spacial score (nSPS) is 9.90. The fraction of sp³-hybridized carbons (Fsp3) is 0.133. The Morgan fingerprint density at radius 2 is 2.14 bits per heavy atom. The second-order valence-electron chi connectivity index (χ2n) is 4.23. The second kappa shape index (κ2) is 6.97. The van der Waals surface area contributed by atoms with E-state index < -0.39 is 0 Å².